The summed E-state index contributed by atoms with van der Waals surface area (Å²) in [6.45, 7) is -1.36. The van der Waals surface area contributed by atoms with E-state index in [1.54, 1.807) is 0 Å². The van der Waals surface area contributed by atoms with Crippen molar-refractivity contribution in [1.29, 1.82) is 0 Å². The predicted octanol–water partition coefficient (Wildman–Crippen LogP) is -3.87. The molecule has 0 bridgehead atoms. The number of hydrogen-bond donors (Lipinski definition) is 6. The summed E-state index contributed by atoms with van der Waals surface area (Å²) < 4.78 is 50.8. The van der Waals surface area contributed by atoms with Gasteiger partial charge in [-0.25, -0.2) is 0 Å². The average Bonchev–Trinajstić information content (AvgIpc) is 2.53. The third-order valence-electron chi connectivity index (χ3n) is 2.65. The molecule has 0 spiro atoms. The zero-order valence-electron chi connectivity index (χ0n) is 14.5. The third kappa shape index (κ3) is 17.0. The van der Waals surface area contributed by atoms with E-state index in [0.29, 0.717) is 12.8 Å². The number of unbranched alkanes of at least 4 members (excludes halogenated alkanes) is 1. The maximum absolute atomic E-state index is 10.5. The molecule has 0 rings (SSSR count). The molecule has 160 valence electrons. The van der Waals surface area contributed by atoms with E-state index >= 15 is 0 Å². The van der Waals surface area contributed by atoms with Gasteiger partial charge in [-0.1, -0.05) is 0 Å². The number of aliphatic hydroxyl groups is 6. The summed E-state index contributed by atoms with van der Waals surface area (Å²) in [5, 5.41) is 52.2. The Bertz CT molecular complexity index is 497. The van der Waals surface area contributed by atoms with Crippen LogP contribution in [-0.2, 0) is 28.6 Å². The number of rotatable bonds is 12. The van der Waals surface area contributed by atoms with Gasteiger partial charge in [-0.05, 0) is 12.8 Å². The maximum atomic E-state index is 10.5. The largest absolute Gasteiger partial charge is 0.394 e. The standard InChI is InChI=1S/C6H14O6S2.C6H14O6/c1-13(7,8)11-5-3-4-6-12-14(2,9)10;7-1-3(9)5(11)6(12)4(10)2-8/h3-6H2,1-2H3;3-12H,1-2H2/t;3-,4-,5-,6-/m.1/s1. The van der Waals surface area contributed by atoms with Gasteiger partial charge in [-0.3, -0.25) is 8.37 Å². The Morgan fingerprint density at radius 1 is 0.692 bits per heavy atom. The van der Waals surface area contributed by atoms with Gasteiger partial charge < -0.3 is 30.6 Å². The minimum absolute atomic E-state index is 0.0476. The minimum Gasteiger partial charge on any atom is -0.394 e. The van der Waals surface area contributed by atoms with Crippen molar-refractivity contribution in [3.63, 3.8) is 0 Å². The molecular formula is C12H28O12S2. The monoisotopic (exact) mass is 428 g/mol. The molecular weight excluding hydrogens is 400 g/mol. The van der Waals surface area contributed by atoms with E-state index in [4.69, 9.17) is 30.6 Å². The fourth-order valence-corrected chi connectivity index (χ4v) is 2.14. The van der Waals surface area contributed by atoms with Crippen molar-refractivity contribution >= 4 is 20.2 Å². The molecule has 0 saturated carbocycles. The highest BCUT2D eigenvalue weighted by atomic mass is 32.2. The van der Waals surface area contributed by atoms with Crippen LogP contribution in [0.1, 0.15) is 12.8 Å². The lowest BCUT2D eigenvalue weighted by Gasteiger charge is -2.24. The van der Waals surface area contributed by atoms with Crippen molar-refractivity contribution in [3.05, 3.63) is 0 Å². The van der Waals surface area contributed by atoms with Gasteiger partial charge in [0.1, 0.15) is 24.4 Å². The minimum atomic E-state index is -3.40. The molecule has 14 heteroatoms. The zero-order valence-corrected chi connectivity index (χ0v) is 16.1. The van der Waals surface area contributed by atoms with Crippen LogP contribution in [0.5, 0.6) is 0 Å². The molecule has 0 heterocycles. The van der Waals surface area contributed by atoms with Crippen molar-refractivity contribution in [2.24, 2.45) is 0 Å². The summed E-state index contributed by atoms with van der Waals surface area (Å²) in [4.78, 5) is 0. The van der Waals surface area contributed by atoms with E-state index in [-0.39, 0.29) is 13.2 Å². The van der Waals surface area contributed by atoms with Gasteiger partial charge in [0.05, 0.1) is 38.9 Å². The summed E-state index contributed by atoms with van der Waals surface area (Å²) in [5.41, 5.74) is 0. The Labute approximate surface area is 152 Å². The highest BCUT2D eigenvalue weighted by Gasteiger charge is 2.29. The molecule has 0 aromatic carbocycles. The molecule has 0 radical (unpaired) electrons. The van der Waals surface area contributed by atoms with Crippen LogP contribution in [0.15, 0.2) is 0 Å². The molecule has 26 heavy (non-hydrogen) atoms. The first-order valence-electron chi connectivity index (χ1n) is 7.38. The lowest BCUT2D eigenvalue weighted by atomic mass is 10.0. The number of hydrogen-bond acceptors (Lipinski definition) is 12. The van der Waals surface area contributed by atoms with Crippen LogP contribution in [0.4, 0.5) is 0 Å². The van der Waals surface area contributed by atoms with Crippen LogP contribution < -0.4 is 0 Å². The SMILES string of the molecule is CS(=O)(=O)OCCCCOS(C)(=O)=O.OC[C@@H](O)[C@@H](O)[C@H](O)[C@H](O)CO. The fourth-order valence-electron chi connectivity index (χ4n) is 1.30. The lowest BCUT2D eigenvalue weighted by Crippen LogP contribution is -2.46. The van der Waals surface area contributed by atoms with Crippen molar-refractivity contribution in [2.45, 2.75) is 37.3 Å². The molecule has 0 unspecified atom stereocenters. The van der Waals surface area contributed by atoms with Gasteiger partial charge in [0.2, 0.25) is 0 Å². The molecule has 0 aliphatic heterocycles. The second-order valence-electron chi connectivity index (χ2n) is 5.24. The summed E-state index contributed by atoms with van der Waals surface area (Å²) in [7, 11) is -6.80. The van der Waals surface area contributed by atoms with Crippen molar-refractivity contribution in [2.75, 3.05) is 38.9 Å². The van der Waals surface area contributed by atoms with E-state index in [2.05, 4.69) is 8.37 Å². The Morgan fingerprint density at radius 2 is 0.962 bits per heavy atom. The van der Waals surface area contributed by atoms with Crippen LogP contribution in [0, 0.1) is 0 Å². The van der Waals surface area contributed by atoms with Crippen LogP contribution in [0.3, 0.4) is 0 Å². The van der Waals surface area contributed by atoms with Gasteiger partial charge in [0, 0.05) is 0 Å². The van der Waals surface area contributed by atoms with Gasteiger partial charge in [-0.15, -0.1) is 0 Å². The lowest BCUT2D eigenvalue weighted by molar-refractivity contribution is -0.123. The fraction of sp³-hybridized carbons (Fsp3) is 1.00. The molecule has 4 atom stereocenters. The first-order chi connectivity index (χ1) is 11.7. The molecule has 0 amide bonds. The Hall–Kier alpha value is -0.420. The second-order valence-corrected chi connectivity index (χ2v) is 8.53. The number of aliphatic hydroxyl groups excluding tert-OH is 6. The second kappa shape index (κ2) is 13.7. The molecule has 6 N–H and O–H groups in total. The van der Waals surface area contributed by atoms with Crippen molar-refractivity contribution in [3.8, 4) is 0 Å². The highest BCUT2D eigenvalue weighted by molar-refractivity contribution is 7.86. The predicted molar refractivity (Wildman–Crippen MR) is 89.0 cm³/mol. The van der Waals surface area contributed by atoms with Crippen LogP contribution in [0.2, 0.25) is 0 Å². The zero-order chi connectivity index (χ0) is 21.0. The Morgan fingerprint density at radius 3 is 1.15 bits per heavy atom. The summed E-state index contributed by atoms with van der Waals surface area (Å²) in [6.07, 6.45) is -3.61. The molecule has 0 aliphatic rings. The van der Waals surface area contributed by atoms with E-state index in [0.717, 1.165) is 12.5 Å². The molecule has 0 fully saturated rings. The first-order valence-corrected chi connectivity index (χ1v) is 11.0. The highest BCUT2D eigenvalue weighted by Crippen LogP contribution is 2.04. The Kier molecular flexibility index (Phi) is 14.7. The molecule has 0 aliphatic carbocycles. The van der Waals surface area contributed by atoms with E-state index < -0.39 is 57.9 Å². The quantitative estimate of drug-likeness (QED) is 0.130. The summed E-state index contributed by atoms with van der Waals surface area (Å²) >= 11 is 0. The molecule has 0 saturated heterocycles. The Balaban J connectivity index is 0. The van der Waals surface area contributed by atoms with Crippen molar-refractivity contribution in [1.82, 2.24) is 0 Å². The van der Waals surface area contributed by atoms with Crippen LogP contribution >= 0.6 is 0 Å². The third-order valence-corrected chi connectivity index (χ3v) is 3.84. The van der Waals surface area contributed by atoms with Gasteiger partial charge in [0.25, 0.3) is 20.2 Å². The van der Waals surface area contributed by atoms with Gasteiger partial charge in [-0.2, -0.15) is 16.8 Å². The smallest absolute Gasteiger partial charge is 0.264 e. The molecule has 0 aromatic rings. The van der Waals surface area contributed by atoms with Gasteiger partial charge in [0.15, 0.2) is 0 Å². The average molecular weight is 428 g/mol. The first kappa shape index (κ1) is 27.8. The van der Waals surface area contributed by atoms with Crippen LogP contribution in [0.25, 0.3) is 0 Å². The maximum Gasteiger partial charge on any atom is 0.264 e. The topological polar surface area (TPSA) is 208 Å². The van der Waals surface area contributed by atoms with E-state index in [1.807, 2.05) is 0 Å². The summed E-state index contributed by atoms with van der Waals surface area (Å²) in [5.74, 6) is 0. The van der Waals surface area contributed by atoms with Crippen molar-refractivity contribution < 1.29 is 55.8 Å². The summed E-state index contributed by atoms with van der Waals surface area (Å²) in [6, 6.07) is 0. The van der Waals surface area contributed by atoms with E-state index in [1.165, 1.54) is 0 Å². The molecule has 0 aromatic heterocycles. The van der Waals surface area contributed by atoms with Gasteiger partial charge >= 0.3 is 0 Å². The van der Waals surface area contributed by atoms with E-state index in [9.17, 15) is 16.8 Å². The van der Waals surface area contributed by atoms with Crippen LogP contribution in [-0.4, -0.2) is 111 Å². The molecule has 12 nitrogen and oxygen atoms in total. The normalized spacial score (nSPS) is 16.9.